The number of sulfonamides is 1. The summed E-state index contributed by atoms with van der Waals surface area (Å²) in [6, 6.07) is 5.15. The molecule has 33 heavy (non-hydrogen) atoms. The minimum atomic E-state index is -4.01. The van der Waals surface area contributed by atoms with E-state index in [1.807, 2.05) is 0 Å². The van der Waals surface area contributed by atoms with Gasteiger partial charge < -0.3 is 9.64 Å². The van der Waals surface area contributed by atoms with Gasteiger partial charge in [-0.3, -0.25) is 14.2 Å². The number of nitrogens with one attached hydrogen (secondary N) is 1. The lowest BCUT2D eigenvalue weighted by atomic mass is 10.1. The van der Waals surface area contributed by atoms with Gasteiger partial charge in [0.25, 0.3) is 15.9 Å². The van der Waals surface area contributed by atoms with E-state index in [1.165, 1.54) is 35.3 Å². The van der Waals surface area contributed by atoms with Crippen LogP contribution in [0.15, 0.2) is 47.9 Å². The van der Waals surface area contributed by atoms with Crippen molar-refractivity contribution in [1.82, 2.24) is 29.4 Å². The number of aryl methyl sites for hydroxylation is 2. The van der Waals surface area contributed by atoms with Crippen LogP contribution in [-0.4, -0.2) is 65.0 Å². The monoisotopic (exact) mass is 469 g/mol. The molecule has 4 aromatic rings. The number of hydrogen-bond acceptors (Lipinski definition) is 7. The molecule has 3 heterocycles. The Kier molecular flexibility index (Phi) is 5.54. The van der Waals surface area contributed by atoms with Gasteiger partial charge in [-0.25, -0.2) is 18.1 Å². The molecule has 12 heteroatoms. The zero-order chi connectivity index (χ0) is 23.9. The lowest BCUT2D eigenvalue weighted by molar-refractivity contribution is 0.0826. The molecule has 1 amide bonds. The van der Waals surface area contributed by atoms with Gasteiger partial charge >= 0.3 is 0 Å². The summed E-state index contributed by atoms with van der Waals surface area (Å²) in [5.41, 5.74) is 2.03. The number of aromatic nitrogens is 5. The second kappa shape index (κ2) is 8.20. The number of pyridine rings is 1. The van der Waals surface area contributed by atoms with Crippen molar-refractivity contribution < 1.29 is 17.9 Å². The van der Waals surface area contributed by atoms with E-state index in [2.05, 4.69) is 19.9 Å². The molecule has 0 bridgehead atoms. The van der Waals surface area contributed by atoms with Crippen molar-refractivity contribution in [3.05, 3.63) is 54.1 Å². The Labute approximate surface area is 190 Å². The topological polar surface area (TPSA) is 124 Å². The van der Waals surface area contributed by atoms with E-state index in [9.17, 15) is 13.2 Å². The summed E-state index contributed by atoms with van der Waals surface area (Å²) in [5, 5.41) is 9.10. The normalized spacial score (nSPS) is 11.5. The van der Waals surface area contributed by atoms with Gasteiger partial charge in [-0.1, -0.05) is 0 Å². The average Bonchev–Trinajstić information content (AvgIpc) is 3.41. The molecule has 0 aliphatic rings. The molecule has 0 radical (unpaired) electrons. The number of nitrogens with zero attached hydrogens (tertiary/aromatic N) is 6. The van der Waals surface area contributed by atoms with Crippen molar-refractivity contribution in [3.63, 3.8) is 0 Å². The maximum Gasteiger partial charge on any atom is 0.265 e. The van der Waals surface area contributed by atoms with Crippen LogP contribution in [0.2, 0.25) is 0 Å². The molecule has 0 atom stereocenters. The highest BCUT2D eigenvalue weighted by atomic mass is 32.2. The van der Waals surface area contributed by atoms with E-state index in [0.29, 0.717) is 28.2 Å². The number of rotatable bonds is 6. The zero-order valence-corrected chi connectivity index (χ0v) is 19.6. The maximum absolute atomic E-state index is 13.2. The summed E-state index contributed by atoms with van der Waals surface area (Å²) in [4.78, 5) is 17.9. The molecule has 11 nitrogen and oxygen atoms in total. The maximum atomic E-state index is 13.2. The molecule has 172 valence electrons. The van der Waals surface area contributed by atoms with E-state index < -0.39 is 10.0 Å². The number of benzene rings is 1. The summed E-state index contributed by atoms with van der Waals surface area (Å²) in [6.07, 6.45) is 5.68. The zero-order valence-electron chi connectivity index (χ0n) is 18.8. The highest BCUT2D eigenvalue weighted by Crippen LogP contribution is 2.34. The number of hydrogen-bond donors (Lipinski definition) is 1. The number of methoxy groups -OCH3 is 1. The molecule has 0 saturated carbocycles. The lowest BCUT2D eigenvalue weighted by Gasteiger charge is -2.13. The molecule has 0 unspecified atom stereocenters. The molecule has 0 aliphatic heterocycles. The number of carbonyl (C=O) groups excluding carboxylic acids is 1. The first kappa shape index (κ1) is 22.3. The minimum Gasteiger partial charge on any atom is -0.494 e. The summed E-state index contributed by atoms with van der Waals surface area (Å²) in [6.45, 7) is 1.78. The molecule has 0 fully saturated rings. The summed E-state index contributed by atoms with van der Waals surface area (Å²) in [7, 11) is 2.50. The van der Waals surface area contributed by atoms with Crippen LogP contribution >= 0.6 is 0 Å². The molecular formula is C21H23N7O4S. The van der Waals surface area contributed by atoms with Gasteiger partial charge in [0.1, 0.15) is 16.3 Å². The third-order valence-corrected chi connectivity index (χ3v) is 6.46. The van der Waals surface area contributed by atoms with E-state index in [4.69, 9.17) is 4.74 Å². The van der Waals surface area contributed by atoms with Crippen molar-refractivity contribution in [2.24, 2.45) is 7.05 Å². The van der Waals surface area contributed by atoms with Crippen molar-refractivity contribution >= 4 is 32.5 Å². The van der Waals surface area contributed by atoms with Gasteiger partial charge in [-0.05, 0) is 30.7 Å². The highest BCUT2D eigenvalue weighted by molar-refractivity contribution is 7.92. The Morgan fingerprint density at radius 3 is 2.58 bits per heavy atom. The standard InChI is InChI=1S/C21H23N7O4S/c1-13-8-18(22-11-16(13)21(29)26(2)3)28-12-15(10-24-28)33(30,31)25-19-17(32-5)7-6-14-9-23-27(4)20(14)19/h6-12,25H,1-5H3. The Morgan fingerprint density at radius 2 is 1.91 bits per heavy atom. The fraction of sp³-hybridized carbons (Fsp3) is 0.238. The predicted octanol–water partition coefficient (Wildman–Crippen LogP) is 1.97. The number of fused-ring (bicyclic) bond motifs is 1. The van der Waals surface area contributed by atoms with Crippen molar-refractivity contribution in [1.29, 1.82) is 0 Å². The van der Waals surface area contributed by atoms with Crippen LogP contribution < -0.4 is 9.46 Å². The number of carbonyl (C=O) groups is 1. The first-order chi connectivity index (χ1) is 15.6. The molecular weight excluding hydrogens is 446 g/mol. The van der Waals surface area contributed by atoms with Crippen molar-refractivity contribution in [2.45, 2.75) is 11.8 Å². The van der Waals surface area contributed by atoms with Crippen molar-refractivity contribution in [3.8, 4) is 11.6 Å². The molecule has 0 aliphatic carbocycles. The second-order valence-electron chi connectivity index (χ2n) is 7.63. The summed E-state index contributed by atoms with van der Waals surface area (Å²) in [5.74, 6) is 0.578. The highest BCUT2D eigenvalue weighted by Gasteiger charge is 2.23. The minimum absolute atomic E-state index is 0.0587. The third kappa shape index (κ3) is 4.00. The number of ether oxygens (including phenoxy) is 1. The van der Waals surface area contributed by atoms with Gasteiger partial charge in [0.05, 0.1) is 36.8 Å². The van der Waals surface area contributed by atoms with Gasteiger partial charge in [0.15, 0.2) is 5.82 Å². The average molecular weight is 470 g/mol. The van der Waals surface area contributed by atoms with Crippen LogP contribution in [0.3, 0.4) is 0 Å². The van der Waals surface area contributed by atoms with E-state index >= 15 is 0 Å². The molecule has 3 aromatic heterocycles. The lowest BCUT2D eigenvalue weighted by Crippen LogP contribution is -2.23. The summed E-state index contributed by atoms with van der Waals surface area (Å²) >= 11 is 0. The van der Waals surface area contributed by atoms with Crippen LogP contribution in [0.1, 0.15) is 15.9 Å². The first-order valence-corrected chi connectivity index (χ1v) is 11.4. The Balaban J connectivity index is 1.68. The van der Waals surface area contributed by atoms with Crippen LogP contribution in [0.25, 0.3) is 16.7 Å². The molecule has 0 saturated heterocycles. The molecule has 1 N–H and O–H groups in total. The molecule has 4 rings (SSSR count). The third-order valence-electron chi connectivity index (χ3n) is 5.16. The second-order valence-corrected chi connectivity index (χ2v) is 9.31. The van der Waals surface area contributed by atoms with Gasteiger partial charge in [0, 0.05) is 32.7 Å². The van der Waals surface area contributed by atoms with Crippen LogP contribution in [0, 0.1) is 6.92 Å². The van der Waals surface area contributed by atoms with Crippen LogP contribution in [0.5, 0.6) is 5.75 Å². The fourth-order valence-corrected chi connectivity index (χ4v) is 4.42. The van der Waals surface area contributed by atoms with Gasteiger partial charge in [0.2, 0.25) is 0 Å². The Hall–Kier alpha value is -3.93. The van der Waals surface area contributed by atoms with E-state index in [0.717, 1.165) is 5.39 Å². The Bertz CT molecular complexity index is 1470. The Morgan fingerprint density at radius 1 is 1.15 bits per heavy atom. The molecule has 1 aromatic carbocycles. The quantitative estimate of drug-likeness (QED) is 0.458. The van der Waals surface area contributed by atoms with Crippen LogP contribution in [-0.2, 0) is 17.1 Å². The van der Waals surface area contributed by atoms with E-state index in [-0.39, 0.29) is 16.5 Å². The number of amides is 1. The first-order valence-electron chi connectivity index (χ1n) is 9.87. The fourth-order valence-electron chi connectivity index (χ4n) is 3.41. The van der Waals surface area contributed by atoms with E-state index in [1.54, 1.807) is 57.1 Å². The number of anilines is 1. The summed E-state index contributed by atoms with van der Waals surface area (Å²) < 4.78 is 37.2. The van der Waals surface area contributed by atoms with Gasteiger partial charge in [-0.15, -0.1) is 0 Å². The SMILES string of the molecule is COc1ccc2cnn(C)c2c1NS(=O)(=O)c1cnn(-c2cc(C)c(C(=O)N(C)C)cn2)c1. The van der Waals surface area contributed by atoms with Crippen molar-refractivity contribution in [2.75, 3.05) is 25.9 Å². The predicted molar refractivity (Wildman–Crippen MR) is 122 cm³/mol. The molecule has 0 spiro atoms. The smallest absolute Gasteiger partial charge is 0.265 e. The van der Waals surface area contributed by atoms with Crippen LogP contribution in [0.4, 0.5) is 5.69 Å². The van der Waals surface area contributed by atoms with Gasteiger partial charge in [-0.2, -0.15) is 10.2 Å². The largest absolute Gasteiger partial charge is 0.494 e.